The van der Waals surface area contributed by atoms with Gasteiger partial charge in [0, 0.05) is 26.2 Å². The molecule has 3 unspecified atom stereocenters. The van der Waals surface area contributed by atoms with Gasteiger partial charge >= 0.3 is 0 Å². The number of piperidine rings is 1. The summed E-state index contributed by atoms with van der Waals surface area (Å²) in [5.41, 5.74) is 6.24. The van der Waals surface area contributed by atoms with E-state index in [-0.39, 0.29) is 29.5 Å². The summed E-state index contributed by atoms with van der Waals surface area (Å²) in [6, 6.07) is 7.65. The van der Waals surface area contributed by atoms with E-state index in [1.807, 2.05) is 38.2 Å². The highest BCUT2D eigenvalue weighted by Gasteiger charge is 2.37. The van der Waals surface area contributed by atoms with Crippen molar-refractivity contribution in [1.82, 2.24) is 9.80 Å². The average Bonchev–Trinajstić information content (AvgIpc) is 2.62. The van der Waals surface area contributed by atoms with Gasteiger partial charge < -0.3 is 20.1 Å². The number of ether oxygens (including phenoxy) is 2. The fourth-order valence-corrected chi connectivity index (χ4v) is 3.77. The number of likely N-dealkylation sites (N-methyl/N-ethyl adjacent to an activating group) is 1. The van der Waals surface area contributed by atoms with Gasteiger partial charge in [-0.05, 0) is 30.9 Å². The number of hydrogen-bond acceptors (Lipinski definition) is 5. The van der Waals surface area contributed by atoms with Crippen molar-refractivity contribution in [2.45, 2.75) is 45.4 Å². The van der Waals surface area contributed by atoms with Crippen LogP contribution in [0.4, 0.5) is 0 Å². The van der Waals surface area contributed by atoms with Gasteiger partial charge in [-0.1, -0.05) is 26.0 Å². The number of carbonyl (C=O) groups is 1. The fraction of sp³-hybridized carbons (Fsp3) is 0.650. The Labute approximate surface area is 156 Å². The lowest BCUT2D eigenvalue weighted by atomic mass is 9.79. The minimum absolute atomic E-state index is 0.0232. The van der Waals surface area contributed by atoms with Crippen LogP contribution in [0.1, 0.15) is 27.2 Å². The molecule has 0 aromatic heterocycles. The maximum absolute atomic E-state index is 12.9. The summed E-state index contributed by atoms with van der Waals surface area (Å²) < 4.78 is 11.7. The minimum Gasteiger partial charge on any atom is -0.486 e. The Balaban J connectivity index is 1.56. The van der Waals surface area contributed by atoms with Gasteiger partial charge in [0.2, 0.25) is 5.91 Å². The number of fused-ring (bicyclic) bond motifs is 1. The monoisotopic (exact) mass is 361 g/mol. The van der Waals surface area contributed by atoms with Crippen LogP contribution in [0.25, 0.3) is 0 Å². The molecule has 1 fully saturated rings. The number of hydrogen-bond donors (Lipinski definition) is 1. The van der Waals surface area contributed by atoms with Crippen LogP contribution in [0.3, 0.4) is 0 Å². The summed E-state index contributed by atoms with van der Waals surface area (Å²) in [5.74, 6) is 1.61. The summed E-state index contributed by atoms with van der Waals surface area (Å²) in [6.07, 6.45) is 0.766. The molecule has 1 aromatic carbocycles. The van der Waals surface area contributed by atoms with Gasteiger partial charge in [-0.25, -0.2) is 0 Å². The first-order valence-electron chi connectivity index (χ1n) is 9.41. The molecule has 3 atom stereocenters. The van der Waals surface area contributed by atoms with Crippen LogP contribution in [-0.2, 0) is 4.79 Å². The minimum atomic E-state index is -0.163. The van der Waals surface area contributed by atoms with Crippen molar-refractivity contribution in [3.05, 3.63) is 24.3 Å². The molecule has 2 aliphatic rings. The average molecular weight is 361 g/mol. The number of nitrogens with two attached hydrogens (primary N) is 1. The Bertz CT molecular complexity index is 649. The summed E-state index contributed by atoms with van der Waals surface area (Å²) in [6.45, 7) is 9.00. The third-order valence-corrected chi connectivity index (χ3v) is 5.67. The number of likely N-dealkylation sites (tertiary alicyclic amines) is 1. The molecule has 3 rings (SSSR count). The second-order valence-corrected chi connectivity index (χ2v) is 8.25. The summed E-state index contributed by atoms with van der Waals surface area (Å²) in [4.78, 5) is 16.9. The number of carbonyl (C=O) groups excluding carboxylic acids is 1. The molecule has 1 aromatic rings. The van der Waals surface area contributed by atoms with Crippen LogP contribution in [0, 0.1) is 5.41 Å². The van der Waals surface area contributed by atoms with Crippen LogP contribution in [-0.4, -0.2) is 67.2 Å². The zero-order valence-corrected chi connectivity index (χ0v) is 16.3. The fourth-order valence-electron chi connectivity index (χ4n) is 3.77. The normalized spacial score (nSPS) is 26.2. The smallest absolute Gasteiger partial charge is 0.239 e. The van der Waals surface area contributed by atoms with E-state index in [0.29, 0.717) is 13.2 Å². The van der Waals surface area contributed by atoms with E-state index in [1.165, 1.54) is 0 Å². The van der Waals surface area contributed by atoms with Gasteiger partial charge in [0.05, 0.1) is 12.6 Å². The molecular weight excluding hydrogens is 330 g/mol. The van der Waals surface area contributed by atoms with E-state index in [9.17, 15) is 4.79 Å². The van der Waals surface area contributed by atoms with Crippen LogP contribution in [0.5, 0.6) is 11.5 Å². The van der Waals surface area contributed by atoms with E-state index in [2.05, 4.69) is 18.7 Å². The predicted octanol–water partition coefficient (Wildman–Crippen LogP) is 1.73. The third kappa shape index (κ3) is 3.96. The lowest BCUT2D eigenvalue weighted by molar-refractivity contribution is -0.137. The first-order valence-corrected chi connectivity index (χ1v) is 9.41. The van der Waals surface area contributed by atoms with Crippen LogP contribution in [0.15, 0.2) is 24.3 Å². The van der Waals surface area contributed by atoms with E-state index in [0.717, 1.165) is 31.0 Å². The molecule has 2 aliphatic heterocycles. The Morgan fingerprint density at radius 3 is 2.77 bits per heavy atom. The van der Waals surface area contributed by atoms with Gasteiger partial charge in [0.25, 0.3) is 0 Å². The Hall–Kier alpha value is -1.79. The number of rotatable bonds is 4. The van der Waals surface area contributed by atoms with Gasteiger partial charge in [-0.3, -0.25) is 9.69 Å². The van der Waals surface area contributed by atoms with Crippen molar-refractivity contribution in [3.63, 3.8) is 0 Å². The maximum atomic E-state index is 12.9. The van der Waals surface area contributed by atoms with Crippen molar-refractivity contribution in [3.8, 4) is 11.5 Å². The number of nitrogens with zero attached hydrogens (tertiary/aromatic N) is 2. The number of benzene rings is 1. The first kappa shape index (κ1) is 19.0. The summed E-state index contributed by atoms with van der Waals surface area (Å²) >= 11 is 0. The summed E-state index contributed by atoms with van der Waals surface area (Å²) in [5, 5.41) is 0. The lowest BCUT2D eigenvalue weighted by Gasteiger charge is -2.45. The highest BCUT2D eigenvalue weighted by atomic mass is 16.6. The van der Waals surface area contributed by atoms with Gasteiger partial charge in [0.15, 0.2) is 17.6 Å². The Kier molecular flexibility index (Phi) is 5.44. The predicted molar refractivity (Wildman–Crippen MR) is 101 cm³/mol. The van der Waals surface area contributed by atoms with Crippen molar-refractivity contribution < 1.29 is 14.3 Å². The molecule has 26 heavy (non-hydrogen) atoms. The van der Waals surface area contributed by atoms with Crippen LogP contribution < -0.4 is 15.2 Å². The molecular formula is C20H31N3O3. The standard InChI is InChI=1S/C20H31N3O3/c1-14(23-10-9-18(21)20(2,3)13-23)19(24)22(4)11-15-12-25-16-7-5-6-8-17(16)26-15/h5-8,14-15,18H,9-13,21H2,1-4H3. The number of para-hydroxylation sites is 2. The lowest BCUT2D eigenvalue weighted by Crippen LogP contribution is -2.58. The molecule has 1 saturated heterocycles. The second-order valence-electron chi connectivity index (χ2n) is 8.25. The molecule has 2 heterocycles. The van der Waals surface area contributed by atoms with Crippen molar-refractivity contribution >= 4 is 5.91 Å². The molecule has 6 nitrogen and oxygen atoms in total. The van der Waals surface area contributed by atoms with Crippen LogP contribution >= 0.6 is 0 Å². The zero-order chi connectivity index (χ0) is 18.9. The van der Waals surface area contributed by atoms with Crippen molar-refractivity contribution in [1.29, 1.82) is 0 Å². The highest BCUT2D eigenvalue weighted by molar-refractivity contribution is 5.81. The summed E-state index contributed by atoms with van der Waals surface area (Å²) in [7, 11) is 1.84. The van der Waals surface area contributed by atoms with Crippen molar-refractivity contribution in [2.75, 3.05) is 33.3 Å². The molecule has 0 radical (unpaired) electrons. The molecule has 144 valence electrons. The molecule has 1 amide bonds. The Morgan fingerprint density at radius 2 is 2.08 bits per heavy atom. The second kappa shape index (κ2) is 7.45. The molecule has 6 heteroatoms. The quantitative estimate of drug-likeness (QED) is 0.885. The molecule has 0 aliphatic carbocycles. The van der Waals surface area contributed by atoms with E-state index in [4.69, 9.17) is 15.2 Å². The molecule has 2 N–H and O–H groups in total. The zero-order valence-electron chi connectivity index (χ0n) is 16.3. The van der Waals surface area contributed by atoms with Gasteiger partial charge in [-0.2, -0.15) is 0 Å². The van der Waals surface area contributed by atoms with E-state index >= 15 is 0 Å². The topological polar surface area (TPSA) is 68.0 Å². The molecule has 0 saturated carbocycles. The largest absolute Gasteiger partial charge is 0.486 e. The Morgan fingerprint density at radius 1 is 1.38 bits per heavy atom. The SMILES string of the molecule is CC(C(=O)N(C)CC1COc2ccccc2O1)N1CCC(N)C(C)(C)C1. The van der Waals surface area contributed by atoms with Gasteiger partial charge in [0.1, 0.15) is 6.61 Å². The maximum Gasteiger partial charge on any atom is 0.239 e. The van der Waals surface area contributed by atoms with E-state index in [1.54, 1.807) is 4.90 Å². The first-order chi connectivity index (χ1) is 12.3. The van der Waals surface area contributed by atoms with E-state index < -0.39 is 0 Å². The van der Waals surface area contributed by atoms with Crippen molar-refractivity contribution in [2.24, 2.45) is 11.1 Å². The highest BCUT2D eigenvalue weighted by Crippen LogP contribution is 2.31. The molecule has 0 spiro atoms. The molecule has 0 bridgehead atoms. The van der Waals surface area contributed by atoms with Gasteiger partial charge in [-0.15, -0.1) is 0 Å². The number of amides is 1. The van der Waals surface area contributed by atoms with Crippen LogP contribution in [0.2, 0.25) is 0 Å². The third-order valence-electron chi connectivity index (χ3n) is 5.67.